The Kier molecular flexibility index (Phi) is 2.98. The van der Waals surface area contributed by atoms with Crippen LogP contribution in [0.2, 0.25) is 0 Å². The normalized spacial score (nSPS) is 11.7. The van der Waals surface area contributed by atoms with Crippen LogP contribution < -0.4 is 0 Å². The minimum absolute atomic E-state index is 0.364. The van der Waals surface area contributed by atoms with Gasteiger partial charge in [-0.25, -0.2) is 4.98 Å². The van der Waals surface area contributed by atoms with Gasteiger partial charge >= 0.3 is 5.38 Å². The van der Waals surface area contributed by atoms with E-state index in [4.69, 9.17) is 0 Å². The van der Waals surface area contributed by atoms with E-state index in [1.165, 1.54) is 11.3 Å². The lowest BCUT2D eigenvalue weighted by Gasteiger charge is -2.03. The van der Waals surface area contributed by atoms with E-state index < -0.39 is 17.6 Å². The number of alkyl halides is 3. The van der Waals surface area contributed by atoms with Gasteiger partial charge in [0.05, 0.1) is 6.42 Å². The smallest absolute Gasteiger partial charge is 0.291 e. The average molecular weight is 226 g/mol. The van der Waals surface area contributed by atoms with Crippen LogP contribution in [0.25, 0.3) is 0 Å². The topological polar surface area (TPSA) is 30.0 Å². The van der Waals surface area contributed by atoms with Crippen molar-refractivity contribution in [2.45, 2.75) is 18.7 Å². The third-order valence-corrected chi connectivity index (χ3v) is 2.47. The summed E-state index contributed by atoms with van der Waals surface area (Å²) in [5.41, 5.74) is 0.714. The highest BCUT2D eigenvalue weighted by Crippen LogP contribution is 2.22. The van der Waals surface area contributed by atoms with Crippen LogP contribution in [-0.4, -0.2) is 16.1 Å². The Morgan fingerprint density at radius 1 is 1.77 bits per heavy atom. The SMILES string of the molecule is Cc1csc(CC(=O)C(F)(F)Cl)n1. The van der Waals surface area contributed by atoms with Crippen molar-refractivity contribution < 1.29 is 13.6 Å². The number of carbonyl (C=O) groups is 1. The Hall–Kier alpha value is -0.550. The van der Waals surface area contributed by atoms with Crippen molar-refractivity contribution in [1.29, 1.82) is 0 Å². The van der Waals surface area contributed by atoms with E-state index in [0.29, 0.717) is 10.7 Å². The van der Waals surface area contributed by atoms with Gasteiger partial charge < -0.3 is 0 Å². The summed E-state index contributed by atoms with van der Waals surface area (Å²) < 4.78 is 24.4. The lowest BCUT2D eigenvalue weighted by atomic mass is 10.3. The lowest BCUT2D eigenvalue weighted by Crippen LogP contribution is -2.23. The fourth-order valence-corrected chi connectivity index (χ4v) is 1.56. The van der Waals surface area contributed by atoms with Crippen molar-refractivity contribution >= 4 is 28.7 Å². The molecule has 0 N–H and O–H groups in total. The number of halogens is 3. The average Bonchev–Trinajstić information content (AvgIpc) is 2.33. The number of Topliss-reactive ketones (excluding diaryl/α,β-unsaturated/α-hetero) is 1. The minimum atomic E-state index is -3.78. The van der Waals surface area contributed by atoms with Crippen molar-refractivity contribution in [3.8, 4) is 0 Å². The standard InChI is InChI=1S/C7H6ClF2NOS/c1-4-3-13-6(11-4)2-5(12)7(8,9)10/h3H,2H2,1H3. The first-order valence-corrected chi connectivity index (χ1v) is 4.66. The highest BCUT2D eigenvalue weighted by Gasteiger charge is 2.35. The number of carbonyl (C=O) groups excluding carboxylic acids is 1. The highest BCUT2D eigenvalue weighted by molar-refractivity contribution is 7.09. The fourth-order valence-electron chi connectivity index (χ4n) is 0.721. The van der Waals surface area contributed by atoms with Crippen molar-refractivity contribution in [1.82, 2.24) is 4.98 Å². The van der Waals surface area contributed by atoms with Crippen LogP contribution in [0, 0.1) is 6.92 Å². The molecule has 6 heteroatoms. The number of hydrogen-bond donors (Lipinski definition) is 0. The summed E-state index contributed by atoms with van der Waals surface area (Å²) in [4.78, 5) is 14.6. The molecule has 0 saturated heterocycles. The Morgan fingerprint density at radius 3 is 2.77 bits per heavy atom. The van der Waals surface area contributed by atoms with E-state index >= 15 is 0 Å². The Balaban J connectivity index is 2.65. The maximum atomic E-state index is 12.2. The zero-order chi connectivity index (χ0) is 10.1. The summed E-state index contributed by atoms with van der Waals surface area (Å²) in [6, 6.07) is 0. The molecule has 1 rings (SSSR count). The zero-order valence-corrected chi connectivity index (χ0v) is 8.25. The van der Waals surface area contributed by atoms with Gasteiger partial charge in [0.2, 0.25) is 5.78 Å². The van der Waals surface area contributed by atoms with Gasteiger partial charge in [-0.3, -0.25) is 4.79 Å². The molecule has 72 valence electrons. The summed E-state index contributed by atoms with van der Waals surface area (Å²) in [5.74, 6) is -1.32. The van der Waals surface area contributed by atoms with Crippen molar-refractivity contribution in [3.05, 3.63) is 16.1 Å². The van der Waals surface area contributed by atoms with Crippen LogP contribution in [0.5, 0.6) is 0 Å². The van der Waals surface area contributed by atoms with E-state index in [0.717, 1.165) is 0 Å². The Labute approximate surface area is 82.5 Å². The van der Waals surface area contributed by atoms with Gasteiger partial charge in [-0.1, -0.05) is 0 Å². The molecule has 0 radical (unpaired) electrons. The molecular weight excluding hydrogens is 220 g/mol. The molecular formula is C7H6ClF2NOS. The summed E-state index contributed by atoms with van der Waals surface area (Å²) >= 11 is 5.70. The van der Waals surface area contributed by atoms with Gasteiger partial charge in [0.25, 0.3) is 0 Å². The highest BCUT2D eigenvalue weighted by atomic mass is 35.5. The second-order valence-electron chi connectivity index (χ2n) is 2.48. The predicted molar refractivity (Wildman–Crippen MR) is 46.4 cm³/mol. The molecule has 0 aromatic carbocycles. The van der Waals surface area contributed by atoms with Crippen LogP contribution in [0.3, 0.4) is 0 Å². The van der Waals surface area contributed by atoms with E-state index in [1.807, 2.05) is 0 Å². The van der Waals surface area contributed by atoms with E-state index in [1.54, 1.807) is 12.3 Å². The second-order valence-corrected chi connectivity index (χ2v) is 3.90. The number of ketones is 1. The molecule has 0 saturated carbocycles. The van der Waals surface area contributed by atoms with E-state index in [2.05, 4.69) is 16.6 Å². The first kappa shape index (κ1) is 10.5. The predicted octanol–water partition coefficient (Wildman–Crippen LogP) is 2.39. The number of hydrogen-bond acceptors (Lipinski definition) is 3. The van der Waals surface area contributed by atoms with Crippen LogP contribution in [0.4, 0.5) is 8.78 Å². The summed E-state index contributed by atoms with van der Waals surface area (Å²) in [5, 5.41) is -1.73. The fraction of sp³-hybridized carbons (Fsp3) is 0.429. The molecule has 0 unspecified atom stereocenters. The number of aryl methyl sites for hydroxylation is 1. The molecule has 0 spiro atoms. The molecule has 0 fully saturated rings. The van der Waals surface area contributed by atoms with Gasteiger partial charge in [-0.15, -0.1) is 11.3 Å². The Morgan fingerprint density at radius 2 is 2.38 bits per heavy atom. The van der Waals surface area contributed by atoms with Gasteiger partial charge in [0.1, 0.15) is 5.01 Å². The quantitative estimate of drug-likeness (QED) is 0.740. The van der Waals surface area contributed by atoms with Crippen molar-refractivity contribution in [2.24, 2.45) is 0 Å². The number of thiazole rings is 1. The summed E-state index contributed by atoms with van der Waals surface area (Å²) in [6.07, 6.45) is -0.408. The van der Waals surface area contributed by atoms with Crippen molar-refractivity contribution in [3.63, 3.8) is 0 Å². The molecule has 0 aliphatic carbocycles. The molecule has 1 aromatic rings. The van der Waals surface area contributed by atoms with E-state index in [-0.39, 0.29) is 0 Å². The molecule has 2 nitrogen and oxygen atoms in total. The van der Waals surface area contributed by atoms with Crippen LogP contribution >= 0.6 is 22.9 Å². The molecule has 0 bridgehead atoms. The van der Waals surface area contributed by atoms with Crippen LogP contribution in [0.1, 0.15) is 10.7 Å². The van der Waals surface area contributed by atoms with Gasteiger partial charge in [-0.05, 0) is 18.5 Å². The maximum absolute atomic E-state index is 12.2. The first-order chi connectivity index (χ1) is 5.89. The molecule has 1 heterocycles. The third-order valence-electron chi connectivity index (χ3n) is 1.29. The number of nitrogens with zero attached hydrogens (tertiary/aromatic N) is 1. The summed E-state index contributed by atoms with van der Waals surface area (Å²) in [7, 11) is 0. The number of rotatable bonds is 3. The minimum Gasteiger partial charge on any atom is -0.291 e. The third kappa shape index (κ3) is 3.00. The zero-order valence-electron chi connectivity index (χ0n) is 6.68. The molecule has 0 atom stereocenters. The van der Waals surface area contributed by atoms with Crippen molar-refractivity contribution in [2.75, 3.05) is 0 Å². The summed E-state index contributed by atoms with van der Waals surface area (Å²) in [6.45, 7) is 1.73. The van der Waals surface area contributed by atoms with Crippen LogP contribution in [-0.2, 0) is 11.2 Å². The van der Waals surface area contributed by atoms with E-state index in [9.17, 15) is 13.6 Å². The maximum Gasteiger partial charge on any atom is 0.380 e. The molecule has 13 heavy (non-hydrogen) atoms. The largest absolute Gasteiger partial charge is 0.380 e. The molecule has 0 aliphatic heterocycles. The van der Waals surface area contributed by atoms with Gasteiger partial charge in [-0.2, -0.15) is 8.78 Å². The van der Waals surface area contributed by atoms with Crippen LogP contribution in [0.15, 0.2) is 5.38 Å². The van der Waals surface area contributed by atoms with Gasteiger partial charge in [0, 0.05) is 11.1 Å². The molecule has 1 aromatic heterocycles. The first-order valence-electron chi connectivity index (χ1n) is 3.40. The molecule has 0 amide bonds. The number of aromatic nitrogens is 1. The van der Waals surface area contributed by atoms with Gasteiger partial charge in [0.15, 0.2) is 0 Å². The molecule has 0 aliphatic rings. The monoisotopic (exact) mass is 225 g/mol. The second kappa shape index (κ2) is 3.67. The Bertz CT molecular complexity index is 321. The lowest BCUT2D eigenvalue weighted by molar-refractivity contribution is -0.132.